The highest BCUT2D eigenvalue weighted by molar-refractivity contribution is 5.94. The standard InChI is InChI=1S/C29H35N3O3/c1-21(23-7-5-4-6-8-23)31-29(33)24-9-11-26(12-10-24)32-15-13-25(14-16-32)30-20-22-17-27(34-2)19-28(18-22)35-3/h4-12,17-19,21,25,30H,13-16,20H2,1-3H3,(H,31,33)/t21-/m1/s1. The molecule has 4 rings (SSSR count). The fourth-order valence-electron chi connectivity index (χ4n) is 4.50. The summed E-state index contributed by atoms with van der Waals surface area (Å²) in [6.45, 7) is 4.75. The van der Waals surface area contributed by atoms with Gasteiger partial charge in [0.05, 0.1) is 20.3 Å². The number of rotatable bonds is 9. The van der Waals surface area contributed by atoms with Crippen molar-refractivity contribution in [1.82, 2.24) is 10.6 Å². The van der Waals surface area contributed by atoms with Gasteiger partial charge in [-0.3, -0.25) is 4.79 Å². The second-order valence-corrected chi connectivity index (χ2v) is 9.02. The lowest BCUT2D eigenvalue weighted by molar-refractivity contribution is 0.0940. The van der Waals surface area contributed by atoms with Crippen molar-refractivity contribution in [2.24, 2.45) is 0 Å². The van der Waals surface area contributed by atoms with Crippen molar-refractivity contribution in [2.75, 3.05) is 32.2 Å². The third-order valence-electron chi connectivity index (χ3n) is 6.64. The van der Waals surface area contributed by atoms with Crippen molar-refractivity contribution in [3.63, 3.8) is 0 Å². The molecule has 1 amide bonds. The van der Waals surface area contributed by atoms with Crippen LogP contribution in [0, 0.1) is 0 Å². The van der Waals surface area contributed by atoms with Gasteiger partial charge in [-0.05, 0) is 67.3 Å². The van der Waals surface area contributed by atoms with Crippen molar-refractivity contribution in [3.8, 4) is 11.5 Å². The molecule has 6 heteroatoms. The van der Waals surface area contributed by atoms with E-state index in [9.17, 15) is 4.79 Å². The number of benzene rings is 3. The van der Waals surface area contributed by atoms with Crippen LogP contribution in [0.4, 0.5) is 5.69 Å². The molecule has 35 heavy (non-hydrogen) atoms. The topological polar surface area (TPSA) is 62.8 Å². The summed E-state index contributed by atoms with van der Waals surface area (Å²) < 4.78 is 10.7. The van der Waals surface area contributed by atoms with Gasteiger partial charge in [0.1, 0.15) is 11.5 Å². The molecule has 1 fully saturated rings. The minimum absolute atomic E-state index is 0.0343. The Hall–Kier alpha value is -3.51. The molecule has 0 bridgehead atoms. The molecule has 0 radical (unpaired) electrons. The Bertz CT molecular complexity index is 1070. The first-order chi connectivity index (χ1) is 17.1. The van der Waals surface area contributed by atoms with E-state index in [-0.39, 0.29) is 11.9 Å². The molecule has 1 saturated heterocycles. The van der Waals surface area contributed by atoms with E-state index in [4.69, 9.17) is 9.47 Å². The summed E-state index contributed by atoms with van der Waals surface area (Å²) in [6.07, 6.45) is 2.13. The van der Waals surface area contributed by atoms with E-state index in [2.05, 4.69) is 27.7 Å². The summed E-state index contributed by atoms with van der Waals surface area (Å²) >= 11 is 0. The van der Waals surface area contributed by atoms with Gasteiger partial charge in [-0.25, -0.2) is 0 Å². The molecule has 1 aliphatic heterocycles. The molecule has 0 aromatic heterocycles. The smallest absolute Gasteiger partial charge is 0.251 e. The zero-order valence-corrected chi connectivity index (χ0v) is 20.8. The number of nitrogens with one attached hydrogen (secondary N) is 2. The SMILES string of the molecule is COc1cc(CNC2CCN(c3ccc(C(=O)N[C@H](C)c4ccccc4)cc3)CC2)cc(OC)c1. The van der Waals surface area contributed by atoms with Crippen molar-refractivity contribution in [2.45, 2.75) is 38.4 Å². The highest BCUT2D eigenvalue weighted by atomic mass is 16.5. The Balaban J connectivity index is 1.26. The molecule has 1 aliphatic rings. The number of ether oxygens (including phenoxy) is 2. The average Bonchev–Trinajstić information content (AvgIpc) is 2.92. The number of piperidine rings is 1. The van der Waals surface area contributed by atoms with Crippen LogP contribution in [0.3, 0.4) is 0 Å². The van der Waals surface area contributed by atoms with E-state index in [1.54, 1.807) is 14.2 Å². The lowest BCUT2D eigenvalue weighted by Crippen LogP contribution is -2.42. The number of amides is 1. The Morgan fingerprint density at radius 3 is 2.17 bits per heavy atom. The van der Waals surface area contributed by atoms with E-state index in [0.29, 0.717) is 11.6 Å². The summed E-state index contributed by atoms with van der Waals surface area (Å²) in [6, 6.07) is 24.4. The van der Waals surface area contributed by atoms with Crippen LogP contribution in [-0.4, -0.2) is 39.3 Å². The van der Waals surface area contributed by atoms with Crippen molar-refractivity contribution in [3.05, 3.63) is 89.5 Å². The Kier molecular flexibility index (Phi) is 8.27. The first-order valence-corrected chi connectivity index (χ1v) is 12.2. The monoisotopic (exact) mass is 473 g/mol. The number of anilines is 1. The lowest BCUT2D eigenvalue weighted by Gasteiger charge is -2.34. The maximum Gasteiger partial charge on any atom is 0.251 e. The predicted molar refractivity (Wildman–Crippen MR) is 140 cm³/mol. The van der Waals surface area contributed by atoms with Gasteiger partial charge in [0.2, 0.25) is 0 Å². The third kappa shape index (κ3) is 6.55. The van der Waals surface area contributed by atoms with Crippen LogP contribution < -0.4 is 25.0 Å². The molecular formula is C29H35N3O3. The molecule has 1 heterocycles. The van der Waals surface area contributed by atoms with Crippen LogP contribution >= 0.6 is 0 Å². The first kappa shape index (κ1) is 24.6. The third-order valence-corrected chi connectivity index (χ3v) is 6.64. The molecule has 0 aliphatic carbocycles. The minimum Gasteiger partial charge on any atom is -0.497 e. The molecule has 2 N–H and O–H groups in total. The summed E-state index contributed by atoms with van der Waals surface area (Å²) in [4.78, 5) is 15.1. The van der Waals surface area contributed by atoms with E-state index in [0.717, 1.165) is 60.8 Å². The summed E-state index contributed by atoms with van der Waals surface area (Å²) in [5.74, 6) is 1.57. The van der Waals surface area contributed by atoms with E-state index < -0.39 is 0 Å². The summed E-state index contributed by atoms with van der Waals surface area (Å²) in [7, 11) is 3.35. The molecular weight excluding hydrogens is 438 g/mol. The van der Waals surface area contributed by atoms with Crippen molar-refractivity contribution < 1.29 is 14.3 Å². The summed E-state index contributed by atoms with van der Waals surface area (Å²) in [5.41, 5.74) is 4.09. The van der Waals surface area contributed by atoms with Gasteiger partial charge < -0.3 is 25.0 Å². The Labute approximate surface area is 208 Å². The van der Waals surface area contributed by atoms with Crippen LogP contribution in [-0.2, 0) is 6.54 Å². The fourth-order valence-corrected chi connectivity index (χ4v) is 4.50. The van der Waals surface area contributed by atoms with Gasteiger partial charge in [-0.2, -0.15) is 0 Å². The molecule has 0 saturated carbocycles. The lowest BCUT2D eigenvalue weighted by atomic mass is 10.0. The number of carbonyl (C=O) groups excluding carboxylic acids is 1. The van der Waals surface area contributed by atoms with Crippen LogP contribution in [0.5, 0.6) is 11.5 Å². The molecule has 6 nitrogen and oxygen atoms in total. The largest absolute Gasteiger partial charge is 0.497 e. The second kappa shape index (κ2) is 11.8. The van der Waals surface area contributed by atoms with Gasteiger partial charge >= 0.3 is 0 Å². The van der Waals surface area contributed by atoms with Crippen LogP contribution in [0.15, 0.2) is 72.8 Å². The quantitative estimate of drug-likeness (QED) is 0.460. The van der Waals surface area contributed by atoms with Crippen molar-refractivity contribution in [1.29, 1.82) is 0 Å². The van der Waals surface area contributed by atoms with E-state index in [1.807, 2.05) is 67.6 Å². The van der Waals surface area contributed by atoms with Gasteiger partial charge in [-0.15, -0.1) is 0 Å². The molecule has 3 aromatic rings. The molecule has 0 unspecified atom stereocenters. The fraction of sp³-hybridized carbons (Fsp3) is 0.345. The van der Waals surface area contributed by atoms with Gasteiger partial charge in [0.25, 0.3) is 5.91 Å². The van der Waals surface area contributed by atoms with Crippen LogP contribution in [0.1, 0.15) is 47.3 Å². The van der Waals surface area contributed by atoms with E-state index in [1.165, 1.54) is 0 Å². The number of methoxy groups -OCH3 is 2. The predicted octanol–water partition coefficient (Wildman–Crippen LogP) is 4.95. The normalized spacial score (nSPS) is 14.9. The summed E-state index contributed by atoms with van der Waals surface area (Å²) in [5, 5.41) is 6.76. The molecule has 0 spiro atoms. The Morgan fingerprint density at radius 2 is 1.57 bits per heavy atom. The first-order valence-electron chi connectivity index (χ1n) is 12.2. The minimum atomic E-state index is -0.0509. The maximum atomic E-state index is 12.7. The number of carbonyl (C=O) groups is 1. The highest BCUT2D eigenvalue weighted by Gasteiger charge is 2.20. The number of hydrogen-bond donors (Lipinski definition) is 2. The van der Waals surface area contributed by atoms with Gasteiger partial charge in [-0.1, -0.05) is 30.3 Å². The highest BCUT2D eigenvalue weighted by Crippen LogP contribution is 2.24. The van der Waals surface area contributed by atoms with Crippen LogP contribution in [0.2, 0.25) is 0 Å². The number of hydrogen-bond acceptors (Lipinski definition) is 5. The van der Waals surface area contributed by atoms with E-state index >= 15 is 0 Å². The maximum absolute atomic E-state index is 12.7. The zero-order chi connectivity index (χ0) is 24.6. The van der Waals surface area contributed by atoms with Crippen molar-refractivity contribution >= 4 is 11.6 Å². The molecule has 3 aromatic carbocycles. The van der Waals surface area contributed by atoms with Crippen LogP contribution in [0.25, 0.3) is 0 Å². The molecule has 184 valence electrons. The zero-order valence-electron chi connectivity index (χ0n) is 20.8. The number of nitrogens with zero attached hydrogens (tertiary/aromatic N) is 1. The second-order valence-electron chi connectivity index (χ2n) is 9.02. The average molecular weight is 474 g/mol. The van der Waals surface area contributed by atoms with Gasteiger partial charge in [0, 0.05) is 43.0 Å². The molecule has 1 atom stereocenters. The van der Waals surface area contributed by atoms with Gasteiger partial charge in [0.15, 0.2) is 0 Å². The Morgan fingerprint density at radius 1 is 0.943 bits per heavy atom.